The van der Waals surface area contributed by atoms with Gasteiger partial charge >= 0.3 is 6.03 Å². The minimum Gasteiger partial charge on any atom is -0.342 e. The molecule has 3 amide bonds. The van der Waals surface area contributed by atoms with Crippen molar-refractivity contribution in [2.24, 2.45) is 11.8 Å². The third-order valence-electron chi connectivity index (χ3n) is 7.04. The van der Waals surface area contributed by atoms with Crippen molar-refractivity contribution < 1.29 is 9.59 Å². The number of carbonyl (C=O) groups is 2. The second-order valence-corrected chi connectivity index (χ2v) is 9.34. The molecule has 3 saturated heterocycles. The molecular formula is C24H36N4O2. The van der Waals surface area contributed by atoms with Crippen LogP contribution in [0.3, 0.4) is 0 Å². The van der Waals surface area contributed by atoms with Crippen LogP contribution >= 0.6 is 0 Å². The molecule has 4 rings (SSSR count). The first-order valence-electron chi connectivity index (χ1n) is 11.7. The van der Waals surface area contributed by atoms with Gasteiger partial charge in [-0.25, -0.2) is 4.79 Å². The van der Waals surface area contributed by atoms with Crippen LogP contribution in [0.15, 0.2) is 24.3 Å². The molecule has 0 bridgehead atoms. The summed E-state index contributed by atoms with van der Waals surface area (Å²) in [5.74, 6) is 1.14. The lowest BCUT2D eigenvalue weighted by Crippen LogP contribution is -2.48. The van der Waals surface area contributed by atoms with Crippen molar-refractivity contribution in [3.63, 3.8) is 0 Å². The van der Waals surface area contributed by atoms with E-state index >= 15 is 0 Å². The number of nitrogens with one attached hydrogen (secondary N) is 1. The third kappa shape index (κ3) is 5.34. The molecule has 3 aliphatic rings. The van der Waals surface area contributed by atoms with Crippen molar-refractivity contribution >= 4 is 17.6 Å². The van der Waals surface area contributed by atoms with Gasteiger partial charge < -0.3 is 20.0 Å². The predicted molar refractivity (Wildman–Crippen MR) is 119 cm³/mol. The Hall–Kier alpha value is -2.08. The van der Waals surface area contributed by atoms with Crippen LogP contribution in [0.5, 0.6) is 0 Å². The van der Waals surface area contributed by atoms with Gasteiger partial charge in [0.2, 0.25) is 5.91 Å². The Morgan fingerprint density at radius 2 is 1.60 bits per heavy atom. The summed E-state index contributed by atoms with van der Waals surface area (Å²) in [6.45, 7) is 8.87. The number of nitrogens with zero attached hydrogens (tertiary/aromatic N) is 3. The lowest BCUT2D eigenvalue weighted by Gasteiger charge is -2.38. The predicted octanol–water partition coefficient (Wildman–Crippen LogP) is 3.57. The maximum atomic E-state index is 13.0. The molecule has 164 valence electrons. The topological polar surface area (TPSA) is 55.9 Å². The lowest BCUT2D eigenvalue weighted by atomic mass is 9.92. The van der Waals surface area contributed by atoms with Gasteiger partial charge in [-0.2, -0.15) is 0 Å². The Kier molecular flexibility index (Phi) is 6.93. The average Bonchev–Trinajstić information content (AvgIpc) is 3.27. The molecule has 0 atom stereocenters. The van der Waals surface area contributed by atoms with Gasteiger partial charge in [0.05, 0.1) is 0 Å². The molecule has 1 aromatic carbocycles. The first kappa shape index (κ1) is 21.2. The summed E-state index contributed by atoms with van der Waals surface area (Å²) in [6, 6.07) is 7.79. The molecule has 0 spiro atoms. The van der Waals surface area contributed by atoms with E-state index in [1.165, 1.54) is 32.5 Å². The van der Waals surface area contributed by atoms with Crippen LogP contribution in [0, 0.1) is 18.8 Å². The highest BCUT2D eigenvalue weighted by Gasteiger charge is 2.32. The summed E-state index contributed by atoms with van der Waals surface area (Å²) < 4.78 is 0. The minimum absolute atomic E-state index is 0.0609. The van der Waals surface area contributed by atoms with Gasteiger partial charge in [0.1, 0.15) is 0 Å². The van der Waals surface area contributed by atoms with E-state index in [0.29, 0.717) is 19.0 Å². The summed E-state index contributed by atoms with van der Waals surface area (Å²) in [6.07, 6.45) is 6.51. The molecular weight excluding hydrogens is 376 g/mol. The molecule has 1 N–H and O–H groups in total. The molecule has 0 aliphatic carbocycles. The van der Waals surface area contributed by atoms with Gasteiger partial charge in [0, 0.05) is 44.3 Å². The van der Waals surface area contributed by atoms with Crippen molar-refractivity contribution in [2.75, 3.05) is 51.1 Å². The van der Waals surface area contributed by atoms with Gasteiger partial charge in [0.25, 0.3) is 0 Å². The van der Waals surface area contributed by atoms with E-state index in [0.717, 1.165) is 55.9 Å². The number of hydrogen-bond donors (Lipinski definition) is 1. The molecule has 3 heterocycles. The van der Waals surface area contributed by atoms with E-state index in [-0.39, 0.29) is 11.9 Å². The van der Waals surface area contributed by atoms with Crippen LogP contribution in [-0.2, 0) is 4.79 Å². The number of anilines is 1. The summed E-state index contributed by atoms with van der Waals surface area (Å²) in [5, 5.41) is 2.98. The second-order valence-electron chi connectivity index (χ2n) is 9.34. The molecule has 6 heteroatoms. The van der Waals surface area contributed by atoms with Crippen molar-refractivity contribution in [2.45, 2.75) is 45.4 Å². The van der Waals surface area contributed by atoms with Gasteiger partial charge in [-0.05, 0) is 82.2 Å². The van der Waals surface area contributed by atoms with Crippen molar-refractivity contribution in [1.29, 1.82) is 0 Å². The summed E-state index contributed by atoms with van der Waals surface area (Å²) in [5.41, 5.74) is 1.95. The monoisotopic (exact) mass is 412 g/mol. The van der Waals surface area contributed by atoms with E-state index in [2.05, 4.69) is 15.1 Å². The maximum Gasteiger partial charge on any atom is 0.321 e. The Bertz CT molecular complexity index is 730. The number of urea groups is 1. The van der Waals surface area contributed by atoms with Crippen molar-refractivity contribution in [3.8, 4) is 0 Å². The number of carbonyl (C=O) groups excluding carboxylic acids is 2. The molecule has 6 nitrogen and oxygen atoms in total. The lowest BCUT2D eigenvalue weighted by molar-refractivity contribution is -0.138. The summed E-state index contributed by atoms with van der Waals surface area (Å²) in [7, 11) is 0. The highest BCUT2D eigenvalue weighted by molar-refractivity contribution is 5.89. The highest BCUT2D eigenvalue weighted by Crippen LogP contribution is 2.25. The zero-order valence-electron chi connectivity index (χ0n) is 18.3. The SMILES string of the molecule is Cc1cccc(NC(=O)N2CCC(C(=O)N3CCC(CN4CCCC4)CC3)CC2)c1. The number of rotatable bonds is 4. The first-order valence-corrected chi connectivity index (χ1v) is 11.7. The number of hydrogen-bond acceptors (Lipinski definition) is 3. The molecule has 0 unspecified atom stereocenters. The Morgan fingerprint density at radius 3 is 2.27 bits per heavy atom. The highest BCUT2D eigenvalue weighted by atomic mass is 16.2. The number of likely N-dealkylation sites (tertiary alicyclic amines) is 3. The maximum absolute atomic E-state index is 13.0. The second kappa shape index (κ2) is 9.82. The Labute approximate surface area is 180 Å². The standard InChI is InChI=1S/C24H36N4O2/c1-19-5-4-6-22(17-19)25-24(30)28-15-9-21(10-16-28)23(29)27-13-7-20(8-14-27)18-26-11-2-3-12-26/h4-6,17,20-21H,2-3,7-16,18H2,1H3,(H,25,30). The van der Waals surface area contributed by atoms with Gasteiger partial charge in [-0.3, -0.25) is 4.79 Å². The first-order chi connectivity index (χ1) is 14.6. The van der Waals surface area contributed by atoms with Gasteiger partial charge in [-0.1, -0.05) is 12.1 Å². The van der Waals surface area contributed by atoms with Gasteiger partial charge in [0.15, 0.2) is 0 Å². The Balaban J connectivity index is 1.19. The largest absolute Gasteiger partial charge is 0.342 e. The van der Waals surface area contributed by atoms with E-state index in [9.17, 15) is 9.59 Å². The van der Waals surface area contributed by atoms with Crippen LogP contribution in [0.25, 0.3) is 0 Å². The fourth-order valence-electron chi connectivity index (χ4n) is 5.18. The number of amides is 3. The third-order valence-corrected chi connectivity index (χ3v) is 7.04. The van der Waals surface area contributed by atoms with Crippen molar-refractivity contribution in [3.05, 3.63) is 29.8 Å². The summed E-state index contributed by atoms with van der Waals surface area (Å²) >= 11 is 0. The zero-order chi connectivity index (χ0) is 20.9. The molecule has 30 heavy (non-hydrogen) atoms. The molecule has 3 aliphatic heterocycles. The van der Waals surface area contributed by atoms with Crippen LogP contribution in [0.2, 0.25) is 0 Å². The number of aryl methyl sites for hydroxylation is 1. The van der Waals surface area contributed by atoms with Crippen LogP contribution in [0.4, 0.5) is 10.5 Å². The Morgan fingerprint density at radius 1 is 0.933 bits per heavy atom. The number of piperidine rings is 2. The van der Waals surface area contributed by atoms with E-state index in [4.69, 9.17) is 0 Å². The summed E-state index contributed by atoms with van der Waals surface area (Å²) in [4.78, 5) is 32.1. The van der Waals surface area contributed by atoms with Crippen molar-refractivity contribution in [1.82, 2.24) is 14.7 Å². The molecule has 0 aromatic heterocycles. The average molecular weight is 413 g/mol. The normalized spacial score (nSPS) is 21.8. The molecule has 1 aromatic rings. The fourth-order valence-corrected chi connectivity index (χ4v) is 5.18. The zero-order valence-corrected chi connectivity index (χ0v) is 18.3. The molecule has 0 saturated carbocycles. The smallest absolute Gasteiger partial charge is 0.321 e. The van der Waals surface area contributed by atoms with Crippen LogP contribution < -0.4 is 5.32 Å². The van der Waals surface area contributed by atoms with E-state index < -0.39 is 0 Å². The van der Waals surface area contributed by atoms with E-state index in [1.54, 1.807) is 0 Å². The molecule has 0 radical (unpaired) electrons. The fraction of sp³-hybridized carbons (Fsp3) is 0.667. The van der Waals surface area contributed by atoms with E-state index in [1.807, 2.05) is 36.1 Å². The van der Waals surface area contributed by atoms with Crippen LogP contribution in [0.1, 0.15) is 44.1 Å². The number of benzene rings is 1. The molecule has 3 fully saturated rings. The van der Waals surface area contributed by atoms with Gasteiger partial charge in [-0.15, -0.1) is 0 Å². The minimum atomic E-state index is -0.0609. The quantitative estimate of drug-likeness (QED) is 0.823. The van der Waals surface area contributed by atoms with Crippen LogP contribution in [-0.4, -0.2) is 72.5 Å².